The highest BCUT2D eigenvalue weighted by molar-refractivity contribution is 5.95. The maximum atomic E-state index is 13.0. The minimum atomic E-state index is -0.530. The highest BCUT2D eigenvalue weighted by Gasteiger charge is 2.43. The molecule has 6 heteroatoms. The number of aryl methyl sites for hydroxylation is 1. The van der Waals surface area contributed by atoms with E-state index >= 15 is 0 Å². The average molecular weight is 319 g/mol. The Morgan fingerprint density at radius 2 is 2.09 bits per heavy atom. The molecule has 2 fully saturated rings. The quantitative estimate of drug-likeness (QED) is 0.834. The van der Waals surface area contributed by atoms with Gasteiger partial charge < -0.3 is 14.4 Å². The molecule has 3 aliphatic rings. The number of aromatic nitrogens is 2. The van der Waals surface area contributed by atoms with Gasteiger partial charge in [0.1, 0.15) is 0 Å². The molecule has 2 saturated heterocycles. The van der Waals surface area contributed by atoms with E-state index in [1.165, 1.54) is 0 Å². The van der Waals surface area contributed by atoms with Crippen molar-refractivity contribution in [3.05, 3.63) is 17.5 Å². The molecule has 1 aromatic rings. The van der Waals surface area contributed by atoms with E-state index in [-0.39, 0.29) is 11.8 Å². The molecule has 1 amide bonds. The zero-order valence-electron chi connectivity index (χ0n) is 13.8. The van der Waals surface area contributed by atoms with Crippen molar-refractivity contribution in [2.24, 2.45) is 5.92 Å². The first-order valence-corrected chi connectivity index (χ1v) is 8.79. The van der Waals surface area contributed by atoms with Crippen LogP contribution >= 0.6 is 0 Å². The van der Waals surface area contributed by atoms with Crippen LogP contribution < -0.4 is 0 Å². The topological polar surface area (TPSA) is 56.6 Å². The molecule has 0 unspecified atom stereocenters. The summed E-state index contributed by atoms with van der Waals surface area (Å²) in [7, 11) is 0. The summed E-state index contributed by atoms with van der Waals surface area (Å²) in [6.07, 6.45) is 7.07. The van der Waals surface area contributed by atoms with Crippen molar-refractivity contribution in [3.8, 4) is 0 Å². The first-order chi connectivity index (χ1) is 11.2. The first kappa shape index (κ1) is 15.1. The Labute approximate surface area is 136 Å². The lowest BCUT2D eigenvalue weighted by Crippen LogP contribution is -2.48. The number of nitrogens with zero attached hydrogens (tertiary/aromatic N) is 3. The molecule has 6 nitrogen and oxygen atoms in total. The van der Waals surface area contributed by atoms with Gasteiger partial charge in [0.05, 0.1) is 30.7 Å². The predicted octanol–water partition coefficient (Wildman–Crippen LogP) is 1.83. The first-order valence-electron chi connectivity index (χ1n) is 8.79. The fourth-order valence-corrected chi connectivity index (χ4v) is 4.13. The number of piperidine rings is 1. The van der Waals surface area contributed by atoms with E-state index in [0.717, 1.165) is 56.5 Å². The lowest BCUT2D eigenvalue weighted by atomic mass is 9.90. The largest absolute Gasteiger partial charge is 0.347 e. The monoisotopic (exact) mass is 319 g/mol. The molecular weight excluding hydrogens is 294 g/mol. The van der Waals surface area contributed by atoms with Crippen molar-refractivity contribution in [3.63, 3.8) is 0 Å². The van der Waals surface area contributed by atoms with Gasteiger partial charge in [0.2, 0.25) is 0 Å². The second kappa shape index (κ2) is 5.91. The molecule has 0 N–H and O–H groups in total. The van der Waals surface area contributed by atoms with Crippen LogP contribution in [0.3, 0.4) is 0 Å². The molecule has 0 aliphatic carbocycles. The number of likely N-dealkylation sites (tertiary alicyclic amines) is 1. The summed E-state index contributed by atoms with van der Waals surface area (Å²) >= 11 is 0. The summed E-state index contributed by atoms with van der Waals surface area (Å²) in [6, 6.07) is 0. The van der Waals surface area contributed by atoms with Gasteiger partial charge in [-0.2, -0.15) is 5.10 Å². The van der Waals surface area contributed by atoms with Crippen molar-refractivity contribution in [2.75, 3.05) is 26.3 Å². The molecule has 1 atom stereocenters. The Kier molecular flexibility index (Phi) is 3.89. The molecule has 0 aromatic carbocycles. The Morgan fingerprint density at radius 1 is 1.26 bits per heavy atom. The maximum absolute atomic E-state index is 13.0. The van der Waals surface area contributed by atoms with Crippen LogP contribution in [-0.2, 0) is 22.4 Å². The van der Waals surface area contributed by atoms with Crippen LogP contribution in [0.15, 0.2) is 6.20 Å². The summed E-state index contributed by atoms with van der Waals surface area (Å²) in [4.78, 5) is 15.0. The van der Waals surface area contributed by atoms with Crippen LogP contribution in [0.4, 0.5) is 0 Å². The zero-order valence-corrected chi connectivity index (χ0v) is 13.8. The molecule has 0 radical (unpaired) electrons. The average Bonchev–Trinajstić information content (AvgIpc) is 3.21. The van der Waals surface area contributed by atoms with Gasteiger partial charge in [0, 0.05) is 25.6 Å². The molecular formula is C17H25N3O3. The third kappa shape index (κ3) is 2.68. The molecule has 126 valence electrons. The number of fused-ring (bicyclic) bond motifs is 1. The number of hydrogen-bond acceptors (Lipinski definition) is 4. The summed E-state index contributed by atoms with van der Waals surface area (Å²) < 4.78 is 13.6. The number of ether oxygens (including phenoxy) is 2. The van der Waals surface area contributed by atoms with Crippen molar-refractivity contribution in [2.45, 2.75) is 51.4 Å². The van der Waals surface area contributed by atoms with Crippen molar-refractivity contribution >= 4 is 5.91 Å². The fraction of sp³-hybridized carbons (Fsp3) is 0.765. The lowest BCUT2D eigenvalue weighted by Gasteiger charge is -2.40. The lowest BCUT2D eigenvalue weighted by molar-refractivity contribution is -0.189. The Bertz CT molecular complexity index is 592. The van der Waals surface area contributed by atoms with Crippen molar-refractivity contribution in [1.29, 1.82) is 0 Å². The highest BCUT2D eigenvalue weighted by Crippen LogP contribution is 2.34. The van der Waals surface area contributed by atoms with Crippen LogP contribution in [0.1, 0.15) is 48.7 Å². The van der Waals surface area contributed by atoms with Crippen molar-refractivity contribution in [1.82, 2.24) is 14.7 Å². The van der Waals surface area contributed by atoms with E-state index in [9.17, 15) is 4.79 Å². The number of hydrogen-bond donors (Lipinski definition) is 0. The van der Waals surface area contributed by atoms with E-state index < -0.39 is 5.79 Å². The van der Waals surface area contributed by atoms with E-state index in [2.05, 4.69) is 5.10 Å². The molecule has 23 heavy (non-hydrogen) atoms. The SMILES string of the molecule is CC1([C@@H]2CCCN(C(=O)c3cnn4c3CCCC4)C2)OCCO1. The van der Waals surface area contributed by atoms with Crippen LogP contribution in [0.5, 0.6) is 0 Å². The Balaban J connectivity index is 1.51. The van der Waals surface area contributed by atoms with Crippen LogP contribution in [-0.4, -0.2) is 52.7 Å². The van der Waals surface area contributed by atoms with Crippen LogP contribution in [0.2, 0.25) is 0 Å². The van der Waals surface area contributed by atoms with E-state index in [0.29, 0.717) is 19.8 Å². The number of rotatable bonds is 2. The normalized spacial score (nSPS) is 27.0. The van der Waals surface area contributed by atoms with Crippen molar-refractivity contribution < 1.29 is 14.3 Å². The number of amides is 1. The molecule has 0 bridgehead atoms. The predicted molar refractivity (Wildman–Crippen MR) is 84.1 cm³/mol. The molecule has 0 saturated carbocycles. The fourth-order valence-electron chi connectivity index (χ4n) is 4.13. The Hall–Kier alpha value is -1.40. The zero-order chi connectivity index (χ0) is 15.9. The smallest absolute Gasteiger partial charge is 0.257 e. The van der Waals surface area contributed by atoms with Gasteiger partial charge in [-0.25, -0.2) is 0 Å². The molecule has 3 aliphatic heterocycles. The highest BCUT2D eigenvalue weighted by atomic mass is 16.7. The van der Waals surface area contributed by atoms with E-state index in [1.807, 2.05) is 16.5 Å². The summed E-state index contributed by atoms with van der Waals surface area (Å²) in [6.45, 7) is 5.77. The summed E-state index contributed by atoms with van der Waals surface area (Å²) in [5.41, 5.74) is 1.91. The molecule has 4 heterocycles. The molecule has 4 rings (SSSR count). The standard InChI is InChI=1S/C17H25N3O3/c1-17(22-9-10-23-17)13-5-4-7-19(12-13)16(21)14-11-18-20-8-3-2-6-15(14)20/h11,13H,2-10,12H2,1H3/t13-/m1/s1. The third-order valence-electron chi connectivity index (χ3n) is 5.52. The van der Waals surface area contributed by atoms with E-state index in [4.69, 9.17) is 9.47 Å². The van der Waals surface area contributed by atoms with Crippen LogP contribution in [0, 0.1) is 5.92 Å². The number of carbonyl (C=O) groups excluding carboxylic acids is 1. The Morgan fingerprint density at radius 3 is 2.91 bits per heavy atom. The van der Waals surface area contributed by atoms with Gasteiger partial charge in [-0.3, -0.25) is 9.48 Å². The minimum absolute atomic E-state index is 0.124. The van der Waals surface area contributed by atoms with Crippen LogP contribution in [0.25, 0.3) is 0 Å². The maximum Gasteiger partial charge on any atom is 0.257 e. The second-order valence-electron chi connectivity index (χ2n) is 6.99. The van der Waals surface area contributed by atoms with Gasteiger partial charge >= 0.3 is 0 Å². The van der Waals surface area contributed by atoms with Gasteiger partial charge in [-0.05, 0) is 39.0 Å². The molecule has 1 aromatic heterocycles. The van der Waals surface area contributed by atoms with Gasteiger partial charge in [-0.1, -0.05) is 0 Å². The third-order valence-corrected chi connectivity index (χ3v) is 5.52. The summed E-state index contributed by atoms with van der Waals surface area (Å²) in [5.74, 6) is -0.161. The summed E-state index contributed by atoms with van der Waals surface area (Å²) in [5, 5.41) is 4.40. The van der Waals surface area contributed by atoms with Gasteiger partial charge in [0.15, 0.2) is 5.79 Å². The minimum Gasteiger partial charge on any atom is -0.347 e. The van der Waals surface area contributed by atoms with Gasteiger partial charge in [-0.15, -0.1) is 0 Å². The van der Waals surface area contributed by atoms with Gasteiger partial charge in [0.25, 0.3) is 5.91 Å². The van der Waals surface area contributed by atoms with E-state index in [1.54, 1.807) is 6.20 Å². The molecule has 0 spiro atoms. The second-order valence-corrected chi connectivity index (χ2v) is 6.99. The number of carbonyl (C=O) groups is 1.